The summed E-state index contributed by atoms with van der Waals surface area (Å²) in [7, 11) is 0. The predicted octanol–water partition coefficient (Wildman–Crippen LogP) is 1.09. The zero-order valence-electron chi connectivity index (χ0n) is 12.8. The zero-order chi connectivity index (χ0) is 17.7. The van der Waals surface area contributed by atoms with Crippen LogP contribution in [0.3, 0.4) is 0 Å². The van der Waals surface area contributed by atoms with Gasteiger partial charge in [-0.3, -0.25) is 9.59 Å². The molecule has 1 aromatic heterocycles. The van der Waals surface area contributed by atoms with Crippen LogP contribution in [0.15, 0.2) is 18.2 Å². The van der Waals surface area contributed by atoms with Crippen LogP contribution in [0, 0.1) is 0 Å². The van der Waals surface area contributed by atoms with Crippen molar-refractivity contribution in [3.8, 4) is 0 Å². The third-order valence-electron chi connectivity index (χ3n) is 3.65. The van der Waals surface area contributed by atoms with Gasteiger partial charge in [0.25, 0.3) is 5.91 Å². The van der Waals surface area contributed by atoms with Crippen molar-refractivity contribution in [2.75, 3.05) is 13.1 Å². The van der Waals surface area contributed by atoms with Gasteiger partial charge in [-0.2, -0.15) is 13.2 Å². The Morgan fingerprint density at radius 3 is 2.83 bits per heavy atom. The van der Waals surface area contributed by atoms with Crippen LogP contribution in [0.25, 0.3) is 0 Å². The summed E-state index contributed by atoms with van der Waals surface area (Å²) in [5, 5.41) is 12.1. The first kappa shape index (κ1) is 18.2. The van der Waals surface area contributed by atoms with E-state index in [1.54, 1.807) is 0 Å². The number of hydrogen-bond acceptors (Lipinski definition) is 4. The molecule has 2 amide bonds. The molecule has 0 aromatic carbocycles. The molecule has 1 aromatic rings. The molecular formula is C15H18F3N3O3. The van der Waals surface area contributed by atoms with E-state index in [0.29, 0.717) is 25.8 Å². The second-order valence-electron chi connectivity index (χ2n) is 5.56. The van der Waals surface area contributed by atoms with Crippen molar-refractivity contribution < 1.29 is 27.9 Å². The maximum atomic E-state index is 12.6. The lowest BCUT2D eigenvalue weighted by Crippen LogP contribution is -2.44. The molecule has 1 unspecified atom stereocenters. The van der Waals surface area contributed by atoms with Crippen molar-refractivity contribution in [1.82, 2.24) is 15.2 Å². The van der Waals surface area contributed by atoms with E-state index >= 15 is 0 Å². The minimum absolute atomic E-state index is 0.0698. The first-order valence-electron chi connectivity index (χ1n) is 7.54. The molecule has 1 aliphatic rings. The van der Waals surface area contributed by atoms with Gasteiger partial charge in [-0.15, -0.1) is 0 Å². The largest absolute Gasteiger partial charge is 0.433 e. The van der Waals surface area contributed by atoms with Gasteiger partial charge >= 0.3 is 6.18 Å². The van der Waals surface area contributed by atoms with Gasteiger partial charge in [-0.25, -0.2) is 4.98 Å². The molecule has 1 atom stereocenters. The summed E-state index contributed by atoms with van der Waals surface area (Å²) >= 11 is 0. The molecule has 0 aliphatic carbocycles. The van der Waals surface area contributed by atoms with Crippen molar-refractivity contribution in [3.63, 3.8) is 0 Å². The van der Waals surface area contributed by atoms with Crippen molar-refractivity contribution in [2.45, 2.75) is 38.1 Å². The number of hydrogen-bond donors (Lipinski definition) is 2. The van der Waals surface area contributed by atoms with E-state index in [-0.39, 0.29) is 18.8 Å². The van der Waals surface area contributed by atoms with Gasteiger partial charge in [0.1, 0.15) is 11.8 Å². The molecule has 0 saturated carbocycles. The lowest BCUT2D eigenvalue weighted by molar-refractivity contribution is -0.142. The van der Waals surface area contributed by atoms with Gasteiger partial charge in [-0.05, 0) is 31.4 Å². The summed E-state index contributed by atoms with van der Waals surface area (Å²) in [6.07, 6.45) is -3.91. The average molecular weight is 345 g/mol. The van der Waals surface area contributed by atoms with E-state index < -0.39 is 29.8 Å². The molecule has 1 fully saturated rings. The topological polar surface area (TPSA) is 82.5 Å². The number of carbonyl (C=O) groups excluding carboxylic acids is 2. The van der Waals surface area contributed by atoms with E-state index in [1.807, 2.05) is 0 Å². The summed E-state index contributed by atoms with van der Waals surface area (Å²) in [5.41, 5.74) is -0.958. The molecular weight excluding hydrogens is 327 g/mol. The predicted molar refractivity (Wildman–Crippen MR) is 77.5 cm³/mol. The molecule has 2 rings (SSSR count). The molecule has 1 saturated heterocycles. The number of nitrogens with zero attached hydrogens (tertiary/aromatic N) is 2. The molecule has 6 nitrogen and oxygen atoms in total. The van der Waals surface area contributed by atoms with Crippen LogP contribution in [-0.2, 0) is 22.3 Å². The number of rotatable bonds is 4. The fraction of sp³-hybridized carbons (Fsp3) is 0.533. The quantitative estimate of drug-likeness (QED) is 0.856. The minimum Gasteiger partial charge on any atom is -0.383 e. The van der Waals surface area contributed by atoms with Gasteiger partial charge in [-0.1, -0.05) is 6.07 Å². The Balaban J connectivity index is 1.90. The van der Waals surface area contributed by atoms with Gasteiger partial charge in [0.15, 0.2) is 0 Å². The lowest BCUT2D eigenvalue weighted by atomic mass is 10.2. The van der Waals surface area contributed by atoms with Crippen molar-refractivity contribution in [2.24, 2.45) is 0 Å². The second kappa shape index (κ2) is 7.61. The summed E-state index contributed by atoms with van der Waals surface area (Å²) in [6, 6.07) is 3.44. The fourth-order valence-corrected chi connectivity index (χ4v) is 2.40. The van der Waals surface area contributed by atoms with Crippen molar-refractivity contribution in [1.29, 1.82) is 0 Å². The lowest BCUT2D eigenvalue weighted by Gasteiger charge is -2.21. The van der Waals surface area contributed by atoms with Crippen molar-refractivity contribution >= 4 is 11.8 Å². The van der Waals surface area contributed by atoms with Gasteiger partial charge in [0.2, 0.25) is 5.91 Å². The Kier molecular flexibility index (Phi) is 5.76. The van der Waals surface area contributed by atoms with Crippen LogP contribution < -0.4 is 5.32 Å². The second-order valence-corrected chi connectivity index (χ2v) is 5.56. The fourth-order valence-electron chi connectivity index (χ4n) is 2.40. The number of likely N-dealkylation sites (tertiary alicyclic amines) is 1. The number of alkyl halides is 3. The SMILES string of the molecule is O=C(CN1CCCCC(O)C1=O)NCc1cccc(C(F)(F)F)n1. The number of nitrogens with one attached hydrogen (secondary N) is 1. The number of aromatic nitrogens is 1. The van der Waals surface area contributed by atoms with E-state index in [1.165, 1.54) is 17.0 Å². The number of aliphatic hydroxyl groups excluding tert-OH is 1. The monoisotopic (exact) mass is 345 g/mol. The maximum Gasteiger partial charge on any atom is 0.433 e. The highest BCUT2D eigenvalue weighted by molar-refractivity contribution is 5.87. The summed E-state index contributed by atoms with van der Waals surface area (Å²) in [6.45, 7) is -0.0483. The molecule has 1 aliphatic heterocycles. The smallest absolute Gasteiger partial charge is 0.383 e. The van der Waals surface area contributed by atoms with E-state index in [4.69, 9.17) is 0 Å². The van der Waals surface area contributed by atoms with E-state index in [2.05, 4.69) is 10.3 Å². The van der Waals surface area contributed by atoms with Crippen LogP contribution in [0.4, 0.5) is 13.2 Å². The molecule has 2 heterocycles. The molecule has 0 bridgehead atoms. The van der Waals surface area contributed by atoms with Gasteiger partial charge < -0.3 is 15.3 Å². The third kappa shape index (κ3) is 4.92. The zero-order valence-corrected chi connectivity index (χ0v) is 12.8. The van der Waals surface area contributed by atoms with Crippen LogP contribution in [0.2, 0.25) is 0 Å². The summed E-state index contributed by atoms with van der Waals surface area (Å²) in [5.74, 6) is -1.02. The highest BCUT2D eigenvalue weighted by Gasteiger charge is 2.32. The number of amides is 2. The Morgan fingerprint density at radius 1 is 1.38 bits per heavy atom. The first-order valence-corrected chi connectivity index (χ1v) is 7.54. The van der Waals surface area contributed by atoms with E-state index in [9.17, 15) is 27.9 Å². The van der Waals surface area contributed by atoms with Crippen molar-refractivity contribution in [3.05, 3.63) is 29.6 Å². The number of halogens is 3. The molecule has 0 spiro atoms. The highest BCUT2D eigenvalue weighted by atomic mass is 19.4. The number of aliphatic hydroxyl groups is 1. The maximum absolute atomic E-state index is 12.6. The highest BCUT2D eigenvalue weighted by Crippen LogP contribution is 2.27. The third-order valence-corrected chi connectivity index (χ3v) is 3.65. The van der Waals surface area contributed by atoms with Crippen LogP contribution in [0.1, 0.15) is 30.7 Å². The summed E-state index contributed by atoms with van der Waals surface area (Å²) in [4.78, 5) is 28.5. The molecule has 24 heavy (non-hydrogen) atoms. The minimum atomic E-state index is -4.55. The Morgan fingerprint density at radius 2 is 2.12 bits per heavy atom. The van der Waals surface area contributed by atoms with Gasteiger partial charge in [0, 0.05) is 6.54 Å². The Bertz CT molecular complexity index is 607. The molecule has 0 radical (unpaired) electrons. The Labute approximate surface area is 136 Å². The van der Waals surface area contributed by atoms with E-state index in [0.717, 1.165) is 6.07 Å². The Hall–Kier alpha value is -2.16. The standard InChI is InChI=1S/C15H18F3N3O3/c16-15(17,18)12-6-3-4-10(20-12)8-19-13(23)9-21-7-2-1-5-11(22)14(21)24/h3-4,6,11,22H,1-2,5,7-9H2,(H,19,23). The molecule has 2 N–H and O–H groups in total. The van der Waals surface area contributed by atoms with Crippen LogP contribution >= 0.6 is 0 Å². The van der Waals surface area contributed by atoms with Gasteiger partial charge in [0.05, 0.1) is 18.8 Å². The molecule has 9 heteroatoms. The number of carbonyl (C=O) groups is 2. The first-order chi connectivity index (χ1) is 11.3. The normalized spacial score (nSPS) is 19.1. The molecule has 132 valence electrons. The average Bonchev–Trinajstić information content (AvgIpc) is 2.68. The summed E-state index contributed by atoms with van der Waals surface area (Å²) < 4.78 is 37.7. The number of pyridine rings is 1. The van der Waals surface area contributed by atoms with Crippen LogP contribution in [0.5, 0.6) is 0 Å². The van der Waals surface area contributed by atoms with Crippen LogP contribution in [-0.4, -0.2) is 46.0 Å².